The molecule has 2 aromatic heterocycles. The summed E-state index contributed by atoms with van der Waals surface area (Å²) in [6.07, 6.45) is 2.96. The Labute approximate surface area is 190 Å². The van der Waals surface area contributed by atoms with Crippen LogP contribution in [0, 0.1) is 12.8 Å². The number of carbonyl (C=O) groups excluding carboxylic acids is 2. The monoisotopic (exact) mass is 434 g/mol. The number of aldehydes is 1. The molecule has 0 bridgehead atoms. The van der Waals surface area contributed by atoms with Crippen LogP contribution in [0.25, 0.3) is 22.2 Å². The Hall–Kier alpha value is -2.99. The van der Waals surface area contributed by atoms with Gasteiger partial charge in [-0.15, -0.1) is 0 Å². The Bertz CT molecular complexity index is 1110. The zero-order valence-electron chi connectivity index (χ0n) is 20.0. The number of amides is 1. The Balaban J connectivity index is 2.13. The Morgan fingerprint density at radius 2 is 1.91 bits per heavy atom. The van der Waals surface area contributed by atoms with E-state index in [-0.39, 0.29) is 5.91 Å². The summed E-state index contributed by atoms with van der Waals surface area (Å²) in [5.74, 6) is 0.187. The predicted molar refractivity (Wildman–Crippen MR) is 130 cm³/mol. The van der Waals surface area contributed by atoms with Crippen molar-refractivity contribution in [2.75, 3.05) is 20.1 Å². The first-order valence-electron chi connectivity index (χ1n) is 11.2. The fourth-order valence-corrected chi connectivity index (χ4v) is 3.98. The van der Waals surface area contributed by atoms with Gasteiger partial charge < -0.3 is 19.6 Å². The van der Waals surface area contributed by atoms with E-state index in [0.717, 1.165) is 29.4 Å². The van der Waals surface area contributed by atoms with E-state index in [4.69, 9.17) is 4.98 Å². The van der Waals surface area contributed by atoms with Crippen molar-refractivity contribution in [2.45, 2.75) is 46.7 Å². The lowest BCUT2D eigenvalue weighted by Gasteiger charge is -2.34. The number of aromatic nitrogens is 2. The second kappa shape index (κ2) is 9.65. The molecule has 0 fully saturated rings. The summed E-state index contributed by atoms with van der Waals surface area (Å²) < 4.78 is 2.14. The SMILES string of the molecule is CNCCN(C(=O)c1ccc2c(-c3ccccc3C)cn(CC(C)C)c2n1)C(C)(C)C=O. The van der Waals surface area contributed by atoms with E-state index >= 15 is 0 Å². The number of pyridine rings is 1. The lowest BCUT2D eigenvalue weighted by atomic mass is 10.0. The fraction of sp³-hybridized carbons (Fsp3) is 0.423. The minimum Gasteiger partial charge on any atom is -0.332 e. The summed E-state index contributed by atoms with van der Waals surface area (Å²) >= 11 is 0. The zero-order valence-corrected chi connectivity index (χ0v) is 20.0. The molecule has 1 N–H and O–H groups in total. The van der Waals surface area contributed by atoms with Crippen molar-refractivity contribution in [1.29, 1.82) is 0 Å². The van der Waals surface area contributed by atoms with Crippen LogP contribution in [0.4, 0.5) is 0 Å². The topological polar surface area (TPSA) is 67.2 Å². The van der Waals surface area contributed by atoms with E-state index in [2.05, 4.69) is 49.0 Å². The van der Waals surface area contributed by atoms with E-state index < -0.39 is 5.54 Å². The first-order chi connectivity index (χ1) is 15.2. The van der Waals surface area contributed by atoms with E-state index in [0.29, 0.717) is 24.7 Å². The third-order valence-corrected chi connectivity index (χ3v) is 5.75. The molecular formula is C26H34N4O2. The highest BCUT2D eigenvalue weighted by atomic mass is 16.2. The maximum Gasteiger partial charge on any atom is 0.273 e. The highest BCUT2D eigenvalue weighted by Crippen LogP contribution is 2.33. The molecule has 1 amide bonds. The van der Waals surface area contributed by atoms with Crippen LogP contribution < -0.4 is 5.32 Å². The number of carbonyl (C=O) groups is 2. The number of nitrogens with zero attached hydrogens (tertiary/aromatic N) is 3. The molecule has 32 heavy (non-hydrogen) atoms. The maximum atomic E-state index is 13.4. The molecule has 0 aliphatic rings. The van der Waals surface area contributed by atoms with Crippen molar-refractivity contribution in [1.82, 2.24) is 19.8 Å². The number of benzene rings is 1. The quantitative estimate of drug-likeness (QED) is 0.510. The molecule has 2 heterocycles. The van der Waals surface area contributed by atoms with Crippen LogP contribution >= 0.6 is 0 Å². The number of hydrogen-bond donors (Lipinski definition) is 1. The summed E-state index contributed by atoms with van der Waals surface area (Å²) in [7, 11) is 1.83. The summed E-state index contributed by atoms with van der Waals surface area (Å²) in [5, 5.41) is 4.07. The van der Waals surface area contributed by atoms with Crippen molar-refractivity contribution < 1.29 is 9.59 Å². The molecular weight excluding hydrogens is 400 g/mol. The molecule has 0 saturated carbocycles. The van der Waals surface area contributed by atoms with Gasteiger partial charge in [0, 0.05) is 36.8 Å². The summed E-state index contributed by atoms with van der Waals surface area (Å²) in [5.41, 5.74) is 3.70. The molecule has 3 rings (SSSR count). The molecule has 0 atom stereocenters. The number of hydrogen-bond acceptors (Lipinski definition) is 4. The number of likely N-dealkylation sites (N-methyl/N-ethyl adjacent to an activating group) is 1. The van der Waals surface area contributed by atoms with Gasteiger partial charge in [-0.1, -0.05) is 38.1 Å². The standard InChI is InChI=1S/C26H34N4O2/c1-18(2)15-29-16-22(20-10-8-7-9-19(20)3)21-11-12-23(28-24(21)29)25(32)30(14-13-27-6)26(4,5)17-31/h7-12,16-18,27H,13-15H2,1-6H3. The number of nitrogens with one attached hydrogen (secondary N) is 1. The maximum absolute atomic E-state index is 13.4. The van der Waals surface area contributed by atoms with Crippen molar-refractivity contribution in [2.24, 2.45) is 5.92 Å². The van der Waals surface area contributed by atoms with E-state index in [9.17, 15) is 9.59 Å². The zero-order chi connectivity index (χ0) is 23.5. The van der Waals surface area contributed by atoms with Gasteiger partial charge in [-0.2, -0.15) is 0 Å². The van der Waals surface area contributed by atoms with Gasteiger partial charge in [0.2, 0.25) is 0 Å². The van der Waals surface area contributed by atoms with Gasteiger partial charge in [0.25, 0.3) is 5.91 Å². The van der Waals surface area contributed by atoms with Crippen LogP contribution in [0.1, 0.15) is 43.7 Å². The minimum atomic E-state index is -0.920. The third kappa shape index (κ3) is 4.75. The second-order valence-electron chi connectivity index (χ2n) is 9.30. The molecule has 0 radical (unpaired) electrons. The van der Waals surface area contributed by atoms with Gasteiger partial charge in [0.05, 0.1) is 5.54 Å². The van der Waals surface area contributed by atoms with E-state index in [1.54, 1.807) is 24.8 Å². The number of aryl methyl sites for hydroxylation is 1. The van der Waals surface area contributed by atoms with Crippen LogP contribution in [-0.4, -0.2) is 52.3 Å². The largest absolute Gasteiger partial charge is 0.332 e. The summed E-state index contributed by atoms with van der Waals surface area (Å²) in [4.78, 5) is 31.5. The first-order valence-corrected chi connectivity index (χ1v) is 11.2. The van der Waals surface area contributed by atoms with Crippen LogP contribution in [0.3, 0.4) is 0 Å². The first kappa shape index (κ1) is 23.7. The summed E-state index contributed by atoms with van der Waals surface area (Å²) in [6, 6.07) is 12.1. The van der Waals surface area contributed by atoms with Crippen LogP contribution in [0.15, 0.2) is 42.6 Å². The number of fused-ring (bicyclic) bond motifs is 1. The summed E-state index contributed by atoms with van der Waals surface area (Å²) in [6.45, 7) is 11.8. The average Bonchev–Trinajstić information content (AvgIpc) is 3.11. The molecule has 6 nitrogen and oxygen atoms in total. The van der Waals surface area contributed by atoms with E-state index in [1.807, 2.05) is 25.2 Å². The second-order valence-corrected chi connectivity index (χ2v) is 9.30. The average molecular weight is 435 g/mol. The molecule has 0 aliphatic carbocycles. The Kier molecular flexibility index (Phi) is 7.14. The molecule has 170 valence electrons. The molecule has 0 aliphatic heterocycles. The smallest absolute Gasteiger partial charge is 0.273 e. The lowest BCUT2D eigenvalue weighted by Crippen LogP contribution is -2.51. The van der Waals surface area contributed by atoms with Crippen LogP contribution in [-0.2, 0) is 11.3 Å². The minimum absolute atomic E-state index is 0.242. The highest BCUT2D eigenvalue weighted by molar-refractivity contribution is 6.00. The van der Waals surface area contributed by atoms with Gasteiger partial charge >= 0.3 is 0 Å². The van der Waals surface area contributed by atoms with E-state index in [1.165, 1.54) is 11.1 Å². The van der Waals surface area contributed by atoms with Crippen molar-refractivity contribution in [3.05, 3.63) is 53.9 Å². The Morgan fingerprint density at radius 3 is 2.53 bits per heavy atom. The fourth-order valence-electron chi connectivity index (χ4n) is 3.98. The lowest BCUT2D eigenvalue weighted by molar-refractivity contribution is -0.115. The highest BCUT2D eigenvalue weighted by Gasteiger charge is 2.32. The van der Waals surface area contributed by atoms with Gasteiger partial charge in [0.1, 0.15) is 17.6 Å². The normalized spacial score (nSPS) is 11.8. The van der Waals surface area contributed by atoms with Crippen molar-refractivity contribution in [3.8, 4) is 11.1 Å². The predicted octanol–water partition coefficient (Wildman–Crippen LogP) is 4.31. The van der Waals surface area contributed by atoms with Crippen LogP contribution in [0.2, 0.25) is 0 Å². The molecule has 0 spiro atoms. The van der Waals surface area contributed by atoms with Gasteiger partial charge in [-0.25, -0.2) is 4.98 Å². The molecule has 0 saturated heterocycles. The third-order valence-electron chi connectivity index (χ3n) is 5.75. The molecule has 6 heteroatoms. The van der Waals surface area contributed by atoms with Crippen molar-refractivity contribution >= 4 is 23.2 Å². The molecule has 0 unspecified atom stereocenters. The Morgan fingerprint density at radius 1 is 1.19 bits per heavy atom. The van der Waals surface area contributed by atoms with Gasteiger partial charge in [-0.05, 0) is 57.0 Å². The van der Waals surface area contributed by atoms with Gasteiger partial charge in [-0.3, -0.25) is 4.79 Å². The van der Waals surface area contributed by atoms with Crippen LogP contribution in [0.5, 0.6) is 0 Å². The van der Waals surface area contributed by atoms with Crippen molar-refractivity contribution in [3.63, 3.8) is 0 Å². The molecule has 1 aromatic carbocycles. The number of rotatable bonds is 9. The molecule has 3 aromatic rings. The van der Waals surface area contributed by atoms with Gasteiger partial charge in [0.15, 0.2) is 0 Å².